The molecule has 2 saturated heterocycles. The van der Waals surface area contributed by atoms with Gasteiger partial charge in [0, 0.05) is 58.1 Å². The number of rotatable bonds is 9. The highest BCUT2D eigenvalue weighted by Crippen LogP contribution is 2.38. The number of halogens is 6. The van der Waals surface area contributed by atoms with E-state index in [9.17, 15) is 41.3 Å². The molecule has 2 aliphatic rings. The van der Waals surface area contributed by atoms with Gasteiger partial charge in [-0.05, 0) is 42.7 Å². The van der Waals surface area contributed by atoms with Crippen LogP contribution in [0.1, 0.15) is 48.8 Å². The van der Waals surface area contributed by atoms with Crippen LogP contribution in [0.3, 0.4) is 0 Å². The molecule has 0 unspecified atom stereocenters. The minimum Gasteiger partial charge on any atom is -0.490 e. The largest absolute Gasteiger partial charge is 0.490 e. The summed E-state index contributed by atoms with van der Waals surface area (Å²) >= 11 is 0. The van der Waals surface area contributed by atoms with Crippen LogP contribution in [-0.2, 0) is 28.5 Å². The number of likely N-dealkylation sites (tertiary alicyclic amines) is 2. The molecule has 0 aliphatic carbocycles. The molecule has 2 aromatic rings. The van der Waals surface area contributed by atoms with E-state index in [0.717, 1.165) is 50.2 Å². The lowest BCUT2D eigenvalue weighted by Gasteiger charge is -2.34. The first-order valence-corrected chi connectivity index (χ1v) is 13.6. The van der Waals surface area contributed by atoms with E-state index in [2.05, 4.69) is 4.90 Å². The molecule has 0 saturated carbocycles. The molecule has 8 nitrogen and oxygen atoms in total. The lowest BCUT2D eigenvalue weighted by atomic mass is 10.1. The third-order valence-electron chi connectivity index (χ3n) is 7.51. The fourth-order valence-corrected chi connectivity index (χ4v) is 5.11. The summed E-state index contributed by atoms with van der Waals surface area (Å²) in [7, 11) is 0. The Balaban J connectivity index is 1.14. The van der Waals surface area contributed by atoms with Crippen molar-refractivity contribution in [2.75, 3.05) is 32.7 Å². The number of carbonyl (C=O) groups excluding carboxylic acids is 1. The first-order chi connectivity index (χ1) is 19.8. The average Bonchev–Trinajstić information content (AvgIpc) is 2.95. The van der Waals surface area contributed by atoms with E-state index >= 15 is 0 Å². The molecule has 0 aromatic heterocycles. The molecule has 0 bridgehead atoms. The van der Waals surface area contributed by atoms with Gasteiger partial charge in [0.1, 0.15) is 17.4 Å². The zero-order valence-corrected chi connectivity index (χ0v) is 22.6. The van der Waals surface area contributed by atoms with Crippen molar-refractivity contribution in [3.8, 4) is 5.75 Å². The minimum atomic E-state index is -4.89. The molecule has 0 N–H and O–H groups in total. The number of benzene rings is 2. The summed E-state index contributed by atoms with van der Waals surface area (Å²) in [6.07, 6.45) is -7.04. The number of hydrogen-bond acceptors (Lipinski definition) is 6. The standard InChI is InChI=1S/C28H31F6N3O5/c29-27(30,31)20-3-1-19(2-4-20)18-41-21-7-12-35(13-8-21)14-11-26(38)36-15-9-22(10-16-36)42-23-5-6-25(37(39)40)24(17-23)28(32,33)34/h1-6,17,21-22H,7-16,18H2. The molecule has 2 heterocycles. The van der Waals surface area contributed by atoms with Gasteiger partial charge in [0.15, 0.2) is 0 Å². The van der Waals surface area contributed by atoms with E-state index in [0.29, 0.717) is 50.5 Å². The maximum Gasteiger partial charge on any atom is 0.423 e. The number of nitro benzene ring substituents is 1. The smallest absolute Gasteiger partial charge is 0.423 e. The minimum absolute atomic E-state index is 0.0127. The Hall–Kier alpha value is -3.39. The Labute approximate surface area is 238 Å². The lowest BCUT2D eigenvalue weighted by Crippen LogP contribution is -2.44. The molecule has 42 heavy (non-hydrogen) atoms. The van der Waals surface area contributed by atoms with E-state index in [1.165, 1.54) is 12.1 Å². The molecule has 2 aromatic carbocycles. The molecule has 230 valence electrons. The van der Waals surface area contributed by atoms with Crippen molar-refractivity contribution in [1.29, 1.82) is 0 Å². The Morgan fingerprint density at radius 3 is 2.07 bits per heavy atom. The highest BCUT2D eigenvalue weighted by Gasteiger charge is 2.39. The summed E-state index contributed by atoms with van der Waals surface area (Å²) in [6.45, 7) is 3.05. The van der Waals surface area contributed by atoms with Gasteiger partial charge in [0.25, 0.3) is 5.69 Å². The van der Waals surface area contributed by atoms with Gasteiger partial charge in [0.2, 0.25) is 5.91 Å². The predicted octanol–water partition coefficient (Wildman–Crippen LogP) is 6.07. The van der Waals surface area contributed by atoms with Crippen LogP contribution in [0.5, 0.6) is 5.75 Å². The molecule has 0 spiro atoms. The number of nitro groups is 1. The fraction of sp³-hybridized carbons (Fsp3) is 0.536. The molecule has 0 radical (unpaired) electrons. The van der Waals surface area contributed by atoms with Gasteiger partial charge in [-0.1, -0.05) is 12.1 Å². The van der Waals surface area contributed by atoms with Crippen molar-refractivity contribution in [3.63, 3.8) is 0 Å². The Morgan fingerprint density at radius 2 is 1.50 bits per heavy atom. The van der Waals surface area contributed by atoms with Crippen molar-refractivity contribution in [3.05, 3.63) is 69.3 Å². The van der Waals surface area contributed by atoms with Gasteiger partial charge in [-0.15, -0.1) is 0 Å². The van der Waals surface area contributed by atoms with Crippen LogP contribution in [0.15, 0.2) is 42.5 Å². The second kappa shape index (κ2) is 13.3. The molecular weight excluding hydrogens is 572 g/mol. The third kappa shape index (κ3) is 8.57. The monoisotopic (exact) mass is 603 g/mol. The second-order valence-electron chi connectivity index (χ2n) is 10.4. The number of amides is 1. The van der Waals surface area contributed by atoms with E-state index in [1.807, 2.05) is 0 Å². The van der Waals surface area contributed by atoms with Crippen LogP contribution in [-0.4, -0.2) is 65.6 Å². The fourth-order valence-electron chi connectivity index (χ4n) is 5.11. The third-order valence-corrected chi connectivity index (χ3v) is 7.51. The number of carbonyl (C=O) groups is 1. The highest BCUT2D eigenvalue weighted by atomic mass is 19.4. The quantitative estimate of drug-likeness (QED) is 0.197. The predicted molar refractivity (Wildman–Crippen MR) is 139 cm³/mol. The van der Waals surface area contributed by atoms with Crippen molar-refractivity contribution in [2.45, 2.75) is 63.3 Å². The van der Waals surface area contributed by atoms with E-state index in [4.69, 9.17) is 9.47 Å². The van der Waals surface area contributed by atoms with E-state index in [-0.39, 0.29) is 24.4 Å². The van der Waals surface area contributed by atoms with Gasteiger partial charge in [-0.2, -0.15) is 26.3 Å². The Morgan fingerprint density at radius 1 is 0.881 bits per heavy atom. The molecule has 0 atom stereocenters. The van der Waals surface area contributed by atoms with Crippen LogP contribution >= 0.6 is 0 Å². The normalized spacial score (nSPS) is 17.8. The second-order valence-corrected chi connectivity index (χ2v) is 10.4. The number of ether oxygens (including phenoxy) is 2. The molecule has 14 heteroatoms. The van der Waals surface area contributed by atoms with Crippen molar-refractivity contribution < 1.29 is 45.5 Å². The molecule has 2 fully saturated rings. The zero-order chi connectivity index (χ0) is 30.5. The summed E-state index contributed by atoms with van der Waals surface area (Å²) in [5.41, 5.74) is -2.43. The summed E-state index contributed by atoms with van der Waals surface area (Å²) < 4.78 is 89.3. The number of nitrogens with zero attached hydrogens (tertiary/aromatic N) is 3. The van der Waals surface area contributed by atoms with Crippen molar-refractivity contribution >= 4 is 11.6 Å². The summed E-state index contributed by atoms with van der Waals surface area (Å²) in [5, 5.41) is 10.9. The van der Waals surface area contributed by atoms with Crippen LogP contribution in [0.25, 0.3) is 0 Å². The van der Waals surface area contributed by atoms with Gasteiger partial charge < -0.3 is 19.3 Å². The molecular formula is C28H31F6N3O5. The summed E-state index contributed by atoms with van der Waals surface area (Å²) in [6, 6.07) is 7.48. The van der Waals surface area contributed by atoms with Gasteiger partial charge in [0.05, 0.1) is 23.2 Å². The number of alkyl halides is 6. The first-order valence-electron chi connectivity index (χ1n) is 13.6. The van der Waals surface area contributed by atoms with Crippen molar-refractivity contribution in [2.24, 2.45) is 0 Å². The first kappa shape index (κ1) is 31.5. The topological polar surface area (TPSA) is 85.2 Å². The summed E-state index contributed by atoms with van der Waals surface area (Å²) in [4.78, 5) is 26.5. The maximum absolute atomic E-state index is 13.2. The van der Waals surface area contributed by atoms with Gasteiger partial charge >= 0.3 is 12.4 Å². The SMILES string of the molecule is O=C(CCN1CCC(OCc2ccc(C(F)(F)F)cc2)CC1)N1CCC(Oc2ccc([N+](=O)[O-])c(C(F)(F)F)c2)CC1. The number of hydrogen-bond donors (Lipinski definition) is 0. The van der Waals surface area contributed by atoms with Crippen LogP contribution in [0.4, 0.5) is 32.0 Å². The molecule has 4 rings (SSSR count). The van der Waals surface area contributed by atoms with Crippen LogP contribution in [0.2, 0.25) is 0 Å². The average molecular weight is 604 g/mol. The number of piperidine rings is 2. The van der Waals surface area contributed by atoms with Gasteiger partial charge in [-0.25, -0.2) is 0 Å². The van der Waals surface area contributed by atoms with E-state index < -0.39 is 40.2 Å². The maximum atomic E-state index is 13.2. The van der Waals surface area contributed by atoms with Gasteiger partial charge in [-0.3, -0.25) is 14.9 Å². The van der Waals surface area contributed by atoms with Crippen molar-refractivity contribution in [1.82, 2.24) is 9.80 Å². The van der Waals surface area contributed by atoms with E-state index in [1.54, 1.807) is 4.90 Å². The lowest BCUT2D eigenvalue weighted by molar-refractivity contribution is -0.388. The molecule has 1 amide bonds. The Bertz CT molecular complexity index is 1220. The zero-order valence-electron chi connectivity index (χ0n) is 22.6. The van der Waals surface area contributed by atoms with Crippen LogP contribution < -0.4 is 4.74 Å². The summed E-state index contributed by atoms with van der Waals surface area (Å²) in [5.74, 6) is -0.131. The molecule has 2 aliphatic heterocycles. The Kier molecular flexibility index (Phi) is 9.97. The van der Waals surface area contributed by atoms with Crippen LogP contribution in [0, 0.1) is 10.1 Å². The highest BCUT2D eigenvalue weighted by molar-refractivity contribution is 5.76.